The summed E-state index contributed by atoms with van der Waals surface area (Å²) < 4.78 is 0.728. The molecule has 0 aliphatic rings. The lowest BCUT2D eigenvalue weighted by Crippen LogP contribution is -2.18. The van der Waals surface area contributed by atoms with Crippen molar-refractivity contribution in [3.05, 3.63) is 25.4 Å². The van der Waals surface area contributed by atoms with E-state index in [1.165, 1.54) is 0 Å². The average molecular weight is 338 g/mol. The van der Waals surface area contributed by atoms with Crippen LogP contribution >= 0.6 is 34.4 Å². The van der Waals surface area contributed by atoms with Gasteiger partial charge in [-0.2, -0.15) is 11.8 Å². The van der Waals surface area contributed by atoms with E-state index < -0.39 is 0 Å². The molecule has 1 aromatic heterocycles. The van der Waals surface area contributed by atoms with Gasteiger partial charge in [0.05, 0.1) is 15.0 Å². The van der Waals surface area contributed by atoms with E-state index >= 15 is 0 Å². The van der Waals surface area contributed by atoms with Crippen LogP contribution in [0.5, 0.6) is 0 Å². The first kappa shape index (κ1) is 13.0. The Morgan fingerprint density at radius 3 is 2.73 bits per heavy atom. The van der Waals surface area contributed by atoms with E-state index in [2.05, 4.69) is 46.4 Å². The summed E-state index contributed by atoms with van der Waals surface area (Å²) in [5, 5.41) is 0. The first-order chi connectivity index (χ1) is 7.04. The summed E-state index contributed by atoms with van der Waals surface area (Å²) >= 11 is 3.73. The summed E-state index contributed by atoms with van der Waals surface area (Å²) in [6, 6.07) is 0. The molecule has 1 heterocycles. The number of nitrogens with zero attached hydrogens (tertiary/aromatic N) is 1. The first-order valence-corrected chi connectivity index (χ1v) is 7.28. The van der Waals surface area contributed by atoms with Crippen molar-refractivity contribution in [2.45, 2.75) is 26.0 Å². The fourth-order valence-electron chi connectivity index (χ4n) is 1.28. The van der Waals surface area contributed by atoms with Gasteiger partial charge < -0.3 is 4.98 Å². The van der Waals surface area contributed by atoms with Gasteiger partial charge in [0.15, 0.2) is 0 Å². The Morgan fingerprint density at radius 2 is 2.20 bits per heavy atom. The molecule has 0 fully saturated rings. The standard InChI is InChI=1S/C10H15IN2OS/c1-6(2)4-7-9(11)10(14)13-8(12-7)5-15-3/h6H,4-5H2,1-3H3,(H,12,13,14). The van der Waals surface area contributed by atoms with Crippen LogP contribution in [0.25, 0.3) is 0 Å². The molecular formula is C10H15IN2OS. The van der Waals surface area contributed by atoms with Gasteiger partial charge in [-0.3, -0.25) is 4.79 Å². The minimum absolute atomic E-state index is 0.00898. The predicted molar refractivity (Wildman–Crippen MR) is 73.3 cm³/mol. The highest BCUT2D eigenvalue weighted by Crippen LogP contribution is 2.12. The highest BCUT2D eigenvalue weighted by Gasteiger charge is 2.09. The van der Waals surface area contributed by atoms with Crippen molar-refractivity contribution in [1.29, 1.82) is 0 Å². The van der Waals surface area contributed by atoms with Crippen molar-refractivity contribution in [2.24, 2.45) is 5.92 Å². The van der Waals surface area contributed by atoms with Crippen LogP contribution in [0.15, 0.2) is 4.79 Å². The van der Waals surface area contributed by atoms with Crippen molar-refractivity contribution in [1.82, 2.24) is 9.97 Å². The number of hydrogen-bond donors (Lipinski definition) is 1. The minimum Gasteiger partial charge on any atom is -0.309 e. The molecule has 0 aliphatic carbocycles. The Hall–Kier alpha value is -0.0400. The van der Waals surface area contributed by atoms with E-state index in [9.17, 15) is 4.79 Å². The third kappa shape index (κ3) is 3.79. The topological polar surface area (TPSA) is 45.8 Å². The largest absolute Gasteiger partial charge is 0.309 e. The summed E-state index contributed by atoms with van der Waals surface area (Å²) in [5.41, 5.74) is 0.920. The van der Waals surface area contributed by atoms with E-state index in [4.69, 9.17) is 0 Å². The Kier molecular flexibility index (Phi) is 5.11. The number of H-pyrrole nitrogens is 1. The second kappa shape index (κ2) is 5.89. The molecule has 5 heteroatoms. The van der Waals surface area contributed by atoms with Gasteiger partial charge in [-0.05, 0) is 41.2 Å². The number of halogens is 1. The van der Waals surface area contributed by atoms with Crippen molar-refractivity contribution < 1.29 is 0 Å². The molecule has 15 heavy (non-hydrogen) atoms. The first-order valence-electron chi connectivity index (χ1n) is 4.81. The maximum Gasteiger partial charge on any atom is 0.264 e. The zero-order valence-corrected chi connectivity index (χ0v) is 12.1. The quantitative estimate of drug-likeness (QED) is 0.858. The van der Waals surface area contributed by atoms with E-state index in [0.29, 0.717) is 5.92 Å². The number of rotatable bonds is 4. The monoisotopic (exact) mass is 338 g/mol. The lowest BCUT2D eigenvalue weighted by molar-refractivity contribution is 0.627. The van der Waals surface area contributed by atoms with Gasteiger partial charge in [-0.25, -0.2) is 4.98 Å². The minimum atomic E-state index is -0.00898. The maximum absolute atomic E-state index is 11.6. The summed E-state index contributed by atoms with van der Waals surface area (Å²) in [7, 11) is 0. The molecule has 1 N–H and O–H groups in total. The third-order valence-corrected chi connectivity index (χ3v) is 3.54. The molecule has 84 valence electrons. The van der Waals surface area contributed by atoms with Crippen LogP contribution in [0, 0.1) is 9.49 Å². The molecule has 1 rings (SSSR count). The fraction of sp³-hybridized carbons (Fsp3) is 0.600. The maximum atomic E-state index is 11.6. The Morgan fingerprint density at radius 1 is 1.53 bits per heavy atom. The van der Waals surface area contributed by atoms with E-state index in [0.717, 1.165) is 27.3 Å². The molecule has 3 nitrogen and oxygen atoms in total. The van der Waals surface area contributed by atoms with E-state index in [1.54, 1.807) is 11.8 Å². The van der Waals surface area contributed by atoms with Crippen LogP contribution in [-0.4, -0.2) is 16.2 Å². The Labute approximate surface area is 108 Å². The summed E-state index contributed by atoms with van der Waals surface area (Å²) in [6.45, 7) is 4.26. The average Bonchev–Trinajstić information content (AvgIpc) is 2.13. The van der Waals surface area contributed by atoms with Gasteiger partial charge in [0.1, 0.15) is 5.82 Å². The number of nitrogens with one attached hydrogen (secondary N) is 1. The summed E-state index contributed by atoms with van der Waals surface area (Å²) in [5.74, 6) is 2.07. The van der Waals surface area contributed by atoms with E-state index in [1.807, 2.05) is 6.26 Å². The van der Waals surface area contributed by atoms with Gasteiger partial charge in [-0.1, -0.05) is 13.8 Å². The van der Waals surface area contributed by atoms with Crippen LogP contribution in [-0.2, 0) is 12.2 Å². The molecule has 0 saturated carbocycles. The normalized spacial score (nSPS) is 11.0. The highest BCUT2D eigenvalue weighted by atomic mass is 127. The smallest absolute Gasteiger partial charge is 0.264 e. The second-order valence-electron chi connectivity index (χ2n) is 3.80. The Balaban J connectivity index is 3.07. The van der Waals surface area contributed by atoms with Crippen LogP contribution in [0.2, 0.25) is 0 Å². The third-order valence-electron chi connectivity index (χ3n) is 1.86. The molecule has 1 aromatic rings. The summed E-state index contributed by atoms with van der Waals surface area (Å²) in [4.78, 5) is 18.9. The number of thioether (sulfide) groups is 1. The molecule has 0 saturated heterocycles. The molecule has 0 bridgehead atoms. The van der Waals surface area contributed by atoms with Gasteiger partial charge in [0.2, 0.25) is 0 Å². The zero-order chi connectivity index (χ0) is 11.4. The number of aromatic amines is 1. The van der Waals surface area contributed by atoms with Crippen molar-refractivity contribution >= 4 is 34.4 Å². The fourth-order valence-corrected chi connectivity index (χ4v) is 2.17. The second-order valence-corrected chi connectivity index (χ2v) is 5.75. The van der Waals surface area contributed by atoms with Crippen LogP contribution < -0.4 is 5.56 Å². The predicted octanol–water partition coefficient (Wildman–Crippen LogP) is 2.44. The molecular weight excluding hydrogens is 323 g/mol. The van der Waals surface area contributed by atoms with Crippen molar-refractivity contribution in [3.8, 4) is 0 Å². The van der Waals surface area contributed by atoms with Gasteiger partial charge in [-0.15, -0.1) is 0 Å². The lowest BCUT2D eigenvalue weighted by atomic mass is 10.1. The van der Waals surface area contributed by atoms with Crippen LogP contribution in [0.3, 0.4) is 0 Å². The molecule has 0 atom stereocenters. The summed E-state index contributed by atoms with van der Waals surface area (Å²) in [6.07, 6.45) is 2.86. The zero-order valence-electron chi connectivity index (χ0n) is 9.13. The number of aromatic nitrogens is 2. The molecule has 0 spiro atoms. The van der Waals surface area contributed by atoms with E-state index in [-0.39, 0.29) is 5.56 Å². The SMILES string of the molecule is CSCc1nc(CC(C)C)c(I)c(=O)[nH]1. The molecule has 0 unspecified atom stereocenters. The molecule has 0 radical (unpaired) electrons. The molecule has 0 amide bonds. The highest BCUT2D eigenvalue weighted by molar-refractivity contribution is 14.1. The molecule has 0 aliphatic heterocycles. The van der Waals surface area contributed by atoms with Crippen molar-refractivity contribution in [3.63, 3.8) is 0 Å². The van der Waals surface area contributed by atoms with Crippen LogP contribution in [0.4, 0.5) is 0 Å². The van der Waals surface area contributed by atoms with Gasteiger partial charge in [0.25, 0.3) is 5.56 Å². The van der Waals surface area contributed by atoms with Gasteiger partial charge >= 0.3 is 0 Å². The number of hydrogen-bond acceptors (Lipinski definition) is 3. The van der Waals surface area contributed by atoms with Crippen molar-refractivity contribution in [2.75, 3.05) is 6.26 Å². The van der Waals surface area contributed by atoms with Gasteiger partial charge in [0, 0.05) is 0 Å². The van der Waals surface area contributed by atoms with Crippen LogP contribution in [0.1, 0.15) is 25.4 Å². The molecule has 0 aromatic carbocycles. The lowest BCUT2D eigenvalue weighted by Gasteiger charge is -2.07. The Bertz CT molecular complexity index is 389.